The summed E-state index contributed by atoms with van der Waals surface area (Å²) in [7, 11) is -6.18. The van der Waals surface area contributed by atoms with Crippen molar-refractivity contribution in [1.29, 1.82) is 0 Å². The van der Waals surface area contributed by atoms with Crippen molar-refractivity contribution < 1.29 is 21.6 Å². The van der Waals surface area contributed by atoms with Crippen molar-refractivity contribution in [2.45, 2.75) is 57.6 Å². The first-order valence-corrected chi connectivity index (χ1v) is 12.8. The Morgan fingerprint density at radius 2 is 1.78 bits per heavy atom. The summed E-state index contributed by atoms with van der Waals surface area (Å²) in [6, 6.07) is 7.11. The minimum Gasteiger partial charge on any atom is -0.299 e. The van der Waals surface area contributed by atoms with Crippen LogP contribution in [0.2, 0.25) is 0 Å². The van der Waals surface area contributed by atoms with Crippen LogP contribution in [0.1, 0.15) is 51.5 Å². The molecule has 8 heteroatoms. The lowest BCUT2D eigenvalue weighted by atomic mass is 10.0. The molecular weight excluding hydrogens is 386 g/mol. The number of rotatable bonds is 10. The number of ketones is 1. The monoisotopic (exact) mass is 415 g/mol. The van der Waals surface area contributed by atoms with Crippen LogP contribution in [0.3, 0.4) is 0 Å². The summed E-state index contributed by atoms with van der Waals surface area (Å²) >= 11 is 0. The first-order valence-electron chi connectivity index (χ1n) is 9.44. The standard InChI is InChI=1S/C19H29NO5S2/c1-16(2)26(22,23)13-5-3-4-7-19(21)15-17-8-10-18(11-9-17)20-12-6-14-27(20,24)25/h8-11,16H,3-7,12-15H2,1-2H3. The molecular formula is C19H29NO5S2. The van der Waals surface area contributed by atoms with E-state index in [1.54, 1.807) is 38.1 Å². The number of Topliss-reactive ketones (excluding diaryl/α,β-unsaturated/α-hetero) is 1. The molecule has 0 N–H and O–H groups in total. The van der Waals surface area contributed by atoms with E-state index in [9.17, 15) is 21.6 Å². The Hall–Kier alpha value is -1.41. The number of carbonyl (C=O) groups is 1. The Kier molecular flexibility index (Phi) is 7.45. The van der Waals surface area contributed by atoms with Gasteiger partial charge in [-0.1, -0.05) is 18.6 Å². The number of unbranched alkanes of at least 4 members (excludes halogenated alkanes) is 2. The number of carbonyl (C=O) groups excluding carboxylic acids is 1. The molecule has 1 aliphatic rings. The van der Waals surface area contributed by atoms with Crippen molar-refractivity contribution in [3.63, 3.8) is 0 Å². The van der Waals surface area contributed by atoms with E-state index in [-0.39, 0.29) is 22.5 Å². The Morgan fingerprint density at radius 1 is 1.11 bits per heavy atom. The van der Waals surface area contributed by atoms with Gasteiger partial charge in [0, 0.05) is 19.4 Å². The summed E-state index contributed by atoms with van der Waals surface area (Å²) < 4.78 is 48.7. The molecule has 2 rings (SSSR count). The number of anilines is 1. The van der Waals surface area contributed by atoms with E-state index in [4.69, 9.17) is 0 Å². The zero-order valence-corrected chi connectivity index (χ0v) is 17.7. The van der Waals surface area contributed by atoms with E-state index in [2.05, 4.69) is 0 Å². The average Bonchev–Trinajstić information content (AvgIpc) is 2.94. The van der Waals surface area contributed by atoms with Crippen molar-refractivity contribution in [2.75, 3.05) is 22.4 Å². The lowest BCUT2D eigenvalue weighted by Crippen LogP contribution is -2.24. The molecule has 0 bridgehead atoms. The van der Waals surface area contributed by atoms with Gasteiger partial charge < -0.3 is 0 Å². The van der Waals surface area contributed by atoms with Crippen molar-refractivity contribution in [1.82, 2.24) is 0 Å². The van der Waals surface area contributed by atoms with Crippen LogP contribution >= 0.6 is 0 Å². The average molecular weight is 416 g/mol. The molecule has 0 atom stereocenters. The molecule has 1 heterocycles. The van der Waals surface area contributed by atoms with Crippen molar-refractivity contribution in [3.05, 3.63) is 29.8 Å². The minimum atomic E-state index is -3.19. The van der Waals surface area contributed by atoms with Gasteiger partial charge in [-0.25, -0.2) is 16.8 Å². The second-order valence-corrected chi connectivity index (χ2v) is 12.0. The first-order chi connectivity index (χ1) is 12.6. The third-order valence-electron chi connectivity index (χ3n) is 4.83. The number of benzene rings is 1. The maximum absolute atomic E-state index is 12.1. The lowest BCUT2D eigenvalue weighted by molar-refractivity contribution is -0.118. The molecule has 1 aromatic rings. The topological polar surface area (TPSA) is 88.6 Å². The highest BCUT2D eigenvalue weighted by Crippen LogP contribution is 2.24. The third-order valence-corrected chi connectivity index (χ3v) is 8.99. The first kappa shape index (κ1) is 21.9. The van der Waals surface area contributed by atoms with Gasteiger partial charge in [-0.3, -0.25) is 9.10 Å². The summed E-state index contributed by atoms with van der Waals surface area (Å²) in [5.74, 6) is 0.481. The van der Waals surface area contributed by atoms with Gasteiger partial charge in [0.25, 0.3) is 0 Å². The van der Waals surface area contributed by atoms with Crippen LogP contribution < -0.4 is 4.31 Å². The predicted molar refractivity (Wildman–Crippen MR) is 108 cm³/mol. The Morgan fingerprint density at radius 3 is 2.33 bits per heavy atom. The van der Waals surface area contributed by atoms with Gasteiger partial charge >= 0.3 is 0 Å². The van der Waals surface area contributed by atoms with Crippen LogP contribution in [0.25, 0.3) is 0 Å². The van der Waals surface area contributed by atoms with Crippen LogP contribution in [0.5, 0.6) is 0 Å². The molecule has 1 aromatic carbocycles. The maximum Gasteiger partial charge on any atom is 0.235 e. The summed E-state index contributed by atoms with van der Waals surface area (Å²) in [6.45, 7) is 3.87. The number of sulfonamides is 1. The molecule has 1 fully saturated rings. The van der Waals surface area contributed by atoms with E-state index in [1.807, 2.05) is 0 Å². The van der Waals surface area contributed by atoms with Gasteiger partial charge in [-0.05, 0) is 50.8 Å². The number of nitrogens with zero attached hydrogens (tertiary/aromatic N) is 1. The molecule has 6 nitrogen and oxygen atoms in total. The van der Waals surface area contributed by atoms with Crippen molar-refractivity contribution >= 4 is 31.3 Å². The molecule has 0 amide bonds. The molecule has 27 heavy (non-hydrogen) atoms. The number of hydrogen-bond donors (Lipinski definition) is 0. The Labute approximate surface area is 162 Å². The van der Waals surface area contributed by atoms with Crippen LogP contribution in [0.15, 0.2) is 24.3 Å². The van der Waals surface area contributed by atoms with Crippen LogP contribution in [0.4, 0.5) is 5.69 Å². The predicted octanol–water partition coefficient (Wildman–Crippen LogP) is 2.72. The van der Waals surface area contributed by atoms with Gasteiger partial charge in [0.05, 0.1) is 22.4 Å². The second-order valence-electron chi connectivity index (χ2n) is 7.35. The quantitative estimate of drug-likeness (QED) is 0.548. The number of hydrogen-bond acceptors (Lipinski definition) is 5. The molecule has 0 aliphatic carbocycles. The van der Waals surface area contributed by atoms with Crippen molar-refractivity contribution in [2.24, 2.45) is 0 Å². The van der Waals surface area contributed by atoms with Crippen LogP contribution in [0, 0.1) is 0 Å². The summed E-state index contributed by atoms with van der Waals surface area (Å²) in [5.41, 5.74) is 1.51. The van der Waals surface area contributed by atoms with Gasteiger partial charge in [0.1, 0.15) is 5.78 Å². The fourth-order valence-electron chi connectivity index (χ4n) is 3.06. The summed E-state index contributed by atoms with van der Waals surface area (Å²) in [5, 5.41) is -0.349. The second kappa shape index (κ2) is 9.19. The molecule has 0 saturated carbocycles. The van der Waals surface area contributed by atoms with Crippen molar-refractivity contribution in [3.8, 4) is 0 Å². The van der Waals surface area contributed by atoms with Gasteiger partial charge in [-0.2, -0.15) is 0 Å². The Bertz CT molecular complexity index is 843. The molecule has 0 unspecified atom stereocenters. The van der Waals surface area contributed by atoms with E-state index in [0.717, 1.165) is 12.0 Å². The molecule has 1 saturated heterocycles. The summed E-state index contributed by atoms with van der Waals surface area (Å²) in [6.07, 6.45) is 3.40. The third kappa shape index (κ3) is 6.31. The smallest absolute Gasteiger partial charge is 0.235 e. The van der Waals surface area contributed by atoms with E-state index in [1.165, 1.54) is 4.31 Å². The highest BCUT2D eigenvalue weighted by molar-refractivity contribution is 7.93. The zero-order chi connectivity index (χ0) is 20.1. The van der Waals surface area contributed by atoms with Gasteiger partial charge in [-0.15, -0.1) is 0 Å². The molecule has 0 aromatic heterocycles. The SMILES string of the molecule is CC(C)S(=O)(=O)CCCCCC(=O)Cc1ccc(N2CCCS2(=O)=O)cc1. The van der Waals surface area contributed by atoms with Gasteiger partial charge in [0.2, 0.25) is 10.0 Å². The molecule has 1 aliphatic heterocycles. The zero-order valence-electron chi connectivity index (χ0n) is 16.1. The molecule has 152 valence electrons. The molecule has 0 spiro atoms. The largest absolute Gasteiger partial charge is 0.299 e. The maximum atomic E-state index is 12.1. The molecule has 0 radical (unpaired) electrons. The fraction of sp³-hybridized carbons (Fsp3) is 0.632. The fourth-order valence-corrected chi connectivity index (χ4v) is 5.71. The minimum absolute atomic E-state index is 0.114. The van der Waals surface area contributed by atoms with E-state index < -0.39 is 19.9 Å². The van der Waals surface area contributed by atoms with Crippen LogP contribution in [-0.2, 0) is 31.1 Å². The highest BCUT2D eigenvalue weighted by Gasteiger charge is 2.28. The lowest BCUT2D eigenvalue weighted by Gasteiger charge is -2.17. The van der Waals surface area contributed by atoms with Gasteiger partial charge in [0.15, 0.2) is 9.84 Å². The Balaban J connectivity index is 1.75. The summed E-state index contributed by atoms with van der Waals surface area (Å²) in [4.78, 5) is 12.1. The number of sulfone groups is 1. The normalized spacial score (nSPS) is 16.8. The van der Waals surface area contributed by atoms with Crippen LogP contribution in [-0.4, -0.2) is 45.9 Å². The van der Waals surface area contributed by atoms with E-state index in [0.29, 0.717) is 44.3 Å². The van der Waals surface area contributed by atoms with E-state index >= 15 is 0 Å². The highest BCUT2D eigenvalue weighted by atomic mass is 32.2.